The number of methoxy groups -OCH3 is 1. The molecule has 0 unspecified atom stereocenters. The van der Waals surface area contributed by atoms with Crippen molar-refractivity contribution < 1.29 is 19.9 Å². The zero-order chi connectivity index (χ0) is 15.4. The molecule has 0 saturated heterocycles. The fraction of sp³-hybridized carbons (Fsp3) is 0.143. The van der Waals surface area contributed by atoms with Gasteiger partial charge in [-0.25, -0.2) is 0 Å². The number of ether oxygens (including phenoxy) is 1. The molecule has 0 aliphatic rings. The molecule has 3 N–H and O–H groups in total. The largest absolute Gasteiger partial charge is 0.508 e. The second-order valence-corrected chi connectivity index (χ2v) is 4.32. The predicted octanol–water partition coefficient (Wildman–Crippen LogP) is 2.63. The molecule has 0 spiro atoms. The topological polar surface area (TPSA) is 105 Å². The third kappa shape index (κ3) is 3.33. The standard InChI is InChI=1S/C14H14N2O5/c1-21-14-6-9(2-5-13(14)18)8-15-11-4-3-10(17)7-12(11)16(19)20/h2-7,15,17-18H,8H2,1H3. The Balaban J connectivity index is 2.18. The number of phenols is 2. The third-order valence-corrected chi connectivity index (χ3v) is 2.91. The molecule has 7 heteroatoms. The van der Waals surface area contributed by atoms with E-state index in [-0.39, 0.29) is 17.2 Å². The summed E-state index contributed by atoms with van der Waals surface area (Å²) in [6, 6.07) is 8.68. The molecule has 0 fully saturated rings. The van der Waals surface area contributed by atoms with Crippen LogP contribution in [-0.2, 0) is 6.54 Å². The summed E-state index contributed by atoms with van der Waals surface area (Å²) in [4.78, 5) is 10.4. The first kappa shape index (κ1) is 14.4. The molecule has 2 aromatic rings. The van der Waals surface area contributed by atoms with E-state index < -0.39 is 4.92 Å². The highest BCUT2D eigenvalue weighted by Crippen LogP contribution is 2.30. The van der Waals surface area contributed by atoms with Gasteiger partial charge < -0.3 is 20.3 Å². The average molecular weight is 290 g/mol. The maximum Gasteiger partial charge on any atom is 0.296 e. The normalized spacial score (nSPS) is 10.1. The first-order chi connectivity index (χ1) is 10.0. The van der Waals surface area contributed by atoms with E-state index in [0.29, 0.717) is 18.0 Å². The van der Waals surface area contributed by atoms with Crippen LogP contribution in [0.3, 0.4) is 0 Å². The van der Waals surface area contributed by atoms with Crippen molar-refractivity contribution in [2.75, 3.05) is 12.4 Å². The molecule has 2 aromatic carbocycles. The number of rotatable bonds is 5. The fourth-order valence-corrected chi connectivity index (χ4v) is 1.85. The van der Waals surface area contributed by atoms with Gasteiger partial charge in [0.2, 0.25) is 0 Å². The van der Waals surface area contributed by atoms with Gasteiger partial charge in [0, 0.05) is 6.54 Å². The highest BCUT2D eigenvalue weighted by atomic mass is 16.6. The number of hydrogen-bond acceptors (Lipinski definition) is 6. The fourth-order valence-electron chi connectivity index (χ4n) is 1.85. The zero-order valence-corrected chi connectivity index (χ0v) is 11.2. The van der Waals surface area contributed by atoms with Crippen LogP contribution in [-0.4, -0.2) is 22.2 Å². The molecule has 0 aliphatic heterocycles. The molecule has 2 rings (SSSR count). The van der Waals surface area contributed by atoms with E-state index in [9.17, 15) is 20.3 Å². The van der Waals surface area contributed by atoms with Crippen LogP contribution in [0.15, 0.2) is 36.4 Å². The van der Waals surface area contributed by atoms with Crippen molar-refractivity contribution in [1.29, 1.82) is 0 Å². The molecule has 0 heterocycles. The van der Waals surface area contributed by atoms with Gasteiger partial charge >= 0.3 is 0 Å². The molecule has 0 aromatic heterocycles. The number of nitrogens with zero attached hydrogens (tertiary/aromatic N) is 1. The second kappa shape index (κ2) is 6.00. The maximum absolute atomic E-state index is 10.9. The van der Waals surface area contributed by atoms with Crippen LogP contribution in [0.5, 0.6) is 17.2 Å². The first-order valence-corrected chi connectivity index (χ1v) is 6.08. The smallest absolute Gasteiger partial charge is 0.296 e. The average Bonchev–Trinajstić information content (AvgIpc) is 2.47. The SMILES string of the molecule is COc1cc(CNc2ccc(O)cc2[N+](=O)[O-])ccc1O. The Hall–Kier alpha value is -2.96. The van der Waals surface area contributed by atoms with E-state index in [0.717, 1.165) is 11.6 Å². The molecule has 110 valence electrons. The number of phenolic OH excluding ortho intramolecular Hbond substituents is 2. The summed E-state index contributed by atoms with van der Waals surface area (Å²) in [5.74, 6) is 0.185. The number of nitro benzene ring substituents is 1. The summed E-state index contributed by atoms with van der Waals surface area (Å²) in [6.45, 7) is 0.308. The minimum atomic E-state index is -0.570. The van der Waals surface area contributed by atoms with Gasteiger partial charge in [0.15, 0.2) is 11.5 Å². The summed E-state index contributed by atoms with van der Waals surface area (Å²) < 4.78 is 5.00. The zero-order valence-electron chi connectivity index (χ0n) is 11.2. The van der Waals surface area contributed by atoms with Gasteiger partial charge in [-0.15, -0.1) is 0 Å². The summed E-state index contributed by atoms with van der Waals surface area (Å²) >= 11 is 0. The molecule has 0 saturated carbocycles. The molecule has 0 atom stereocenters. The minimum Gasteiger partial charge on any atom is -0.508 e. The van der Waals surface area contributed by atoms with E-state index in [2.05, 4.69) is 5.32 Å². The van der Waals surface area contributed by atoms with Crippen molar-refractivity contribution in [3.63, 3.8) is 0 Å². The van der Waals surface area contributed by atoms with E-state index in [1.807, 2.05) is 0 Å². The van der Waals surface area contributed by atoms with Crippen LogP contribution in [0.2, 0.25) is 0 Å². The van der Waals surface area contributed by atoms with Crippen LogP contribution in [0, 0.1) is 10.1 Å². The highest BCUT2D eigenvalue weighted by Gasteiger charge is 2.14. The van der Waals surface area contributed by atoms with Crippen molar-refractivity contribution >= 4 is 11.4 Å². The van der Waals surface area contributed by atoms with E-state index in [1.54, 1.807) is 12.1 Å². The summed E-state index contributed by atoms with van der Waals surface area (Å²) in [6.07, 6.45) is 0. The van der Waals surface area contributed by atoms with Gasteiger partial charge in [-0.1, -0.05) is 6.07 Å². The van der Waals surface area contributed by atoms with Gasteiger partial charge in [0.1, 0.15) is 11.4 Å². The van der Waals surface area contributed by atoms with Crippen molar-refractivity contribution in [2.45, 2.75) is 6.54 Å². The van der Waals surface area contributed by atoms with Gasteiger partial charge in [-0.05, 0) is 29.8 Å². The molecule has 21 heavy (non-hydrogen) atoms. The Bertz CT molecular complexity index is 672. The predicted molar refractivity (Wildman–Crippen MR) is 76.7 cm³/mol. The highest BCUT2D eigenvalue weighted by molar-refractivity contribution is 5.63. The molecule has 0 radical (unpaired) electrons. The minimum absolute atomic E-state index is 0.0249. The van der Waals surface area contributed by atoms with Crippen LogP contribution in [0.4, 0.5) is 11.4 Å². The Morgan fingerprint density at radius 2 is 2.00 bits per heavy atom. The Labute approximate surface area is 120 Å². The number of nitrogens with one attached hydrogen (secondary N) is 1. The summed E-state index contributed by atoms with van der Waals surface area (Å²) in [5.41, 5.74) is 0.873. The second-order valence-electron chi connectivity index (χ2n) is 4.32. The van der Waals surface area contributed by atoms with E-state index >= 15 is 0 Å². The van der Waals surface area contributed by atoms with Crippen LogP contribution >= 0.6 is 0 Å². The number of benzene rings is 2. The maximum atomic E-state index is 10.9. The quantitative estimate of drug-likeness (QED) is 0.444. The number of anilines is 1. The van der Waals surface area contributed by atoms with E-state index in [1.165, 1.54) is 25.3 Å². The van der Waals surface area contributed by atoms with Gasteiger partial charge in [-0.2, -0.15) is 0 Å². The number of hydrogen-bond donors (Lipinski definition) is 3. The lowest BCUT2D eigenvalue weighted by Gasteiger charge is -2.09. The van der Waals surface area contributed by atoms with Gasteiger partial charge in [0.25, 0.3) is 5.69 Å². The van der Waals surface area contributed by atoms with E-state index in [4.69, 9.17) is 4.74 Å². The van der Waals surface area contributed by atoms with Crippen LogP contribution in [0.1, 0.15) is 5.56 Å². The van der Waals surface area contributed by atoms with Crippen molar-refractivity contribution in [3.05, 3.63) is 52.1 Å². The van der Waals surface area contributed by atoms with Crippen molar-refractivity contribution in [1.82, 2.24) is 0 Å². The number of aromatic hydroxyl groups is 2. The molecular formula is C14H14N2O5. The molecule has 7 nitrogen and oxygen atoms in total. The summed E-state index contributed by atoms with van der Waals surface area (Å²) in [7, 11) is 1.44. The Morgan fingerprint density at radius 1 is 1.24 bits per heavy atom. The Morgan fingerprint density at radius 3 is 2.67 bits per heavy atom. The molecule has 0 amide bonds. The molecular weight excluding hydrogens is 276 g/mol. The molecule has 0 bridgehead atoms. The lowest BCUT2D eigenvalue weighted by molar-refractivity contribution is -0.384. The van der Waals surface area contributed by atoms with Crippen molar-refractivity contribution in [3.8, 4) is 17.2 Å². The lowest BCUT2D eigenvalue weighted by Crippen LogP contribution is -2.02. The first-order valence-electron chi connectivity index (χ1n) is 6.08. The monoisotopic (exact) mass is 290 g/mol. The van der Waals surface area contributed by atoms with Crippen LogP contribution < -0.4 is 10.1 Å². The van der Waals surface area contributed by atoms with Crippen LogP contribution in [0.25, 0.3) is 0 Å². The third-order valence-electron chi connectivity index (χ3n) is 2.91. The Kier molecular flexibility index (Phi) is 4.13. The number of nitro groups is 1. The van der Waals surface area contributed by atoms with Crippen molar-refractivity contribution in [2.24, 2.45) is 0 Å². The van der Waals surface area contributed by atoms with Gasteiger partial charge in [-0.3, -0.25) is 10.1 Å². The molecule has 0 aliphatic carbocycles. The lowest BCUT2D eigenvalue weighted by atomic mass is 10.2. The van der Waals surface area contributed by atoms with Gasteiger partial charge in [0.05, 0.1) is 18.1 Å². The summed E-state index contributed by atoms with van der Waals surface area (Å²) in [5, 5.41) is 32.6.